The molecule has 4 nitrogen and oxygen atoms in total. The number of thiophene rings is 1. The Bertz CT molecular complexity index is 506. The van der Waals surface area contributed by atoms with Crippen molar-refractivity contribution in [1.29, 1.82) is 0 Å². The number of carbonyl (C=O) groups excluding carboxylic acids is 1. The van der Waals surface area contributed by atoms with E-state index in [-0.39, 0.29) is 18.1 Å². The molecular weight excluding hydrogens is 262 g/mol. The largest absolute Gasteiger partial charge is 0.384 e. The average Bonchev–Trinajstić information content (AvgIpc) is 2.85. The van der Waals surface area contributed by atoms with Gasteiger partial charge in [-0.1, -0.05) is 11.8 Å². The lowest BCUT2D eigenvalue weighted by Crippen LogP contribution is -2.51. The third-order valence-corrected chi connectivity index (χ3v) is 3.85. The summed E-state index contributed by atoms with van der Waals surface area (Å²) in [6.45, 7) is 3.16. The fraction of sp³-hybridized carbons (Fsp3) is 0.500. The molecule has 0 spiro atoms. The number of nitrogens with one attached hydrogen (secondary N) is 1. The Kier molecular flexibility index (Phi) is 4.59. The molecule has 0 radical (unpaired) electrons. The molecular formula is C14H17NO3S. The van der Waals surface area contributed by atoms with Gasteiger partial charge in [-0.2, -0.15) is 0 Å². The van der Waals surface area contributed by atoms with Crippen LogP contribution in [0.15, 0.2) is 11.4 Å². The summed E-state index contributed by atoms with van der Waals surface area (Å²) in [5, 5.41) is 13.4. The first-order valence-corrected chi connectivity index (χ1v) is 7.09. The summed E-state index contributed by atoms with van der Waals surface area (Å²) < 4.78 is 5.42. The fourth-order valence-electron chi connectivity index (χ4n) is 2.03. The first-order chi connectivity index (χ1) is 9.13. The summed E-state index contributed by atoms with van der Waals surface area (Å²) >= 11 is 1.40. The molecule has 1 fully saturated rings. The Hall–Kier alpha value is -1.35. The minimum absolute atomic E-state index is 0.0960. The predicted octanol–water partition coefficient (Wildman–Crippen LogP) is 1.39. The SMILES string of the molecule is CC1(NC(=O)c2csc(C#CCO)c2)CCCOC1. The molecule has 1 atom stereocenters. The van der Waals surface area contributed by atoms with Gasteiger partial charge in [0.05, 0.1) is 22.6 Å². The molecule has 19 heavy (non-hydrogen) atoms. The second kappa shape index (κ2) is 6.20. The van der Waals surface area contributed by atoms with E-state index in [1.807, 2.05) is 6.92 Å². The summed E-state index contributed by atoms with van der Waals surface area (Å²) in [6.07, 6.45) is 1.90. The van der Waals surface area contributed by atoms with Crippen molar-refractivity contribution in [3.63, 3.8) is 0 Å². The second-order valence-electron chi connectivity index (χ2n) is 4.83. The summed E-state index contributed by atoms with van der Waals surface area (Å²) in [4.78, 5) is 12.9. The molecule has 1 aromatic rings. The second-order valence-corrected chi connectivity index (χ2v) is 5.74. The van der Waals surface area contributed by atoms with Gasteiger partial charge in [0.15, 0.2) is 0 Å². The van der Waals surface area contributed by atoms with E-state index in [1.165, 1.54) is 11.3 Å². The number of amides is 1. The first-order valence-electron chi connectivity index (χ1n) is 6.21. The topological polar surface area (TPSA) is 58.6 Å². The molecule has 5 heteroatoms. The molecule has 0 saturated carbocycles. The number of hydrogen-bond donors (Lipinski definition) is 2. The molecule has 0 aliphatic carbocycles. The van der Waals surface area contributed by atoms with E-state index >= 15 is 0 Å². The lowest BCUT2D eigenvalue weighted by molar-refractivity contribution is 0.0273. The quantitative estimate of drug-likeness (QED) is 0.804. The van der Waals surface area contributed by atoms with Crippen LogP contribution in [0.1, 0.15) is 35.0 Å². The van der Waals surface area contributed by atoms with E-state index in [0.717, 1.165) is 24.3 Å². The fourth-order valence-corrected chi connectivity index (χ4v) is 2.78. The van der Waals surface area contributed by atoms with E-state index in [0.29, 0.717) is 12.2 Å². The molecule has 0 bridgehead atoms. The van der Waals surface area contributed by atoms with Gasteiger partial charge in [0, 0.05) is 12.0 Å². The van der Waals surface area contributed by atoms with Crippen molar-refractivity contribution in [3.05, 3.63) is 21.9 Å². The number of aliphatic hydroxyl groups excluding tert-OH is 1. The third kappa shape index (κ3) is 3.80. The van der Waals surface area contributed by atoms with Crippen LogP contribution in [0.4, 0.5) is 0 Å². The minimum atomic E-state index is -0.284. The Morgan fingerprint density at radius 2 is 2.53 bits per heavy atom. The predicted molar refractivity (Wildman–Crippen MR) is 74.2 cm³/mol. The van der Waals surface area contributed by atoms with Crippen LogP contribution >= 0.6 is 11.3 Å². The molecule has 2 rings (SSSR count). The number of hydrogen-bond acceptors (Lipinski definition) is 4. The zero-order valence-electron chi connectivity index (χ0n) is 10.9. The molecule has 102 valence electrons. The standard InChI is InChI=1S/C14H17NO3S/c1-14(5-3-7-18-10-14)15-13(17)11-8-12(19-9-11)4-2-6-16/h8-9,16H,3,5-7,10H2,1H3,(H,15,17). The van der Waals surface area contributed by atoms with Gasteiger partial charge in [0.1, 0.15) is 6.61 Å². The van der Waals surface area contributed by atoms with Gasteiger partial charge in [-0.3, -0.25) is 4.79 Å². The van der Waals surface area contributed by atoms with Gasteiger partial charge >= 0.3 is 0 Å². The summed E-state index contributed by atoms with van der Waals surface area (Å²) in [5.41, 5.74) is 0.327. The monoisotopic (exact) mass is 279 g/mol. The van der Waals surface area contributed by atoms with Gasteiger partial charge in [-0.25, -0.2) is 0 Å². The average molecular weight is 279 g/mol. The Labute approximate surface area is 116 Å². The van der Waals surface area contributed by atoms with Gasteiger partial charge in [0.25, 0.3) is 5.91 Å². The van der Waals surface area contributed by atoms with Crippen LogP contribution in [0.5, 0.6) is 0 Å². The highest BCUT2D eigenvalue weighted by Crippen LogP contribution is 2.20. The van der Waals surface area contributed by atoms with Crippen molar-refractivity contribution >= 4 is 17.2 Å². The zero-order valence-corrected chi connectivity index (χ0v) is 11.7. The molecule has 1 amide bonds. The molecule has 0 aromatic carbocycles. The van der Waals surface area contributed by atoms with Crippen molar-refractivity contribution in [1.82, 2.24) is 5.32 Å². The maximum atomic E-state index is 12.1. The Morgan fingerprint density at radius 1 is 1.68 bits per heavy atom. The van der Waals surface area contributed by atoms with Crippen LogP contribution in [0.25, 0.3) is 0 Å². The maximum Gasteiger partial charge on any atom is 0.252 e. The van der Waals surface area contributed by atoms with Gasteiger partial charge in [-0.05, 0) is 25.8 Å². The van der Waals surface area contributed by atoms with Crippen molar-refractivity contribution in [3.8, 4) is 11.8 Å². The molecule has 1 unspecified atom stereocenters. The zero-order chi connectivity index (χ0) is 13.7. The highest BCUT2D eigenvalue weighted by molar-refractivity contribution is 7.10. The van der Waals surface area contributed by atoms with Crippen LogP contribution in [0.3, 0.4) is 0 Å². The smallest absolute Gasteiger partial charge is 0.252 e. The van der Waals surface area contributed by atoms with E-state index in [4.69, 9.17) is 9.84 Å². The van der Waals surface area contributed by atoms with Crippen LogP contribution in [0.2, 0.25) is 0 Å². The van der Waals surface area contributed by atoms with Crippen LogP contribution in [0, 0.1) is 11.8 Å². The summed E-state index contributed by atoms with van der Waals surface area (Å²) in [7, 11) is 0. The van der Waals surface area contributed by atoms with Crippen LogP contribution in [-0.4, -0.2) is 36.4 Å². The van der Waals surface area contributed by atoms with E-state index < -0.39 is 0 Å². The van der Waals surface area contributed by atoms with Crippen molar-refractivity contribution in [2.75, 3.05) is 19.8 Å². The number of aliphatic hydroxyl groups is 1. The first kappa shape index (κ1) is 14.1. The summed E-state index contributed by atoms with van der Waals surface area (Å²) in [6, 6.07) is 1.75. The van der Waals surface area contributed by atoms with E-state index in [1.54, 1.807) is 11.4 Å². The van der Waals surface area contributed by atoms with Crippen molar-refractivity contribution in [2.24, 2.45) is 0 Å². The van der Waals surface area contributed by atoms with Crippen LogP contribution in [-0.2, 0) is 4.74 Å². The lowest BCUT2D eigenvalue weighted by Gasteiger charge is -2.34. The Balaban J connectivity index is 2.01. The molecule has 1 saturated heterocycles. The Morgan fingerprint density at radius 3 is 3.21 bits per heavy atom. The van der Waals surface area contributed by atoms with Crippen molar-refractivity contribution in [2.45, 2.75) is 25.3 Å². The summed E-state index contributed by atoms with van der Waals surface area (Å²) in [5.74, 6) is 5.27. The van der Waals surface area contributed by atoms with E-state index in [2.05, 4.69) is 17.2 Å². The molecule has 1 aliphatic heterocycles. The number of carbonyl (C=O) groups is 1. The molecule has 2 heterocycles. The lowest BCUT2D eigenvalue weighted by atomic mass is 9.94. The van der Waals surface area contributed by atoms with Gasteiger partial charge < -0.3 is 15.2 Å². The normalized spacial score (nSPS) is 22.4. The van der Waals surface area contributed by atoms with Crippen LogP contribution < -0.4 is 5.32 Å². The molecule has 2 N–H and O–H groups in total. The van der Waals surface area contributed by atoms with Crippen molar-refractivity contribution < 1.29 is 14.6 Å². The number of rotatable bonds is 2. The highest BCUT2D eigenvalue weighted by atomic mass is 32.1. The van der Waals surface area contributed by atoms with Gasteiger partial charge in [0.2, 0.25) is 0 Å². The van der Waals surface area contributed by atoms with E-state index in [9.17, 15) is 4.79 Å². The molecule has 1 aliphatic rings. The molecule has 1 aromatic heterocycles. The minimum Gasteiger partial charge on any atom is -0.384 e. The highest BCUT2D eigenvalue weighted by Gasteiger charge is 2.29. The van der Waals surface area contributed by atoms with Gasteiger partial charge in [-0.15, -0.1) is 11.3 Å². The number of ether oxygens (including phenoxy) is 1. The third-order valence-electron chi connectivity index (χ3n) is 3.01. The maximum absolute atomic E-state index is 12.1.